The van der Waals surface area contributed by atoms with E-state index < -0.39 is 15.9 Å². The third kappa shape index (κ3) is 7.93. The largest absolute Gasteiger partial charge is 0.489 e. The molecule has 0 aliphatic carbocycles. The Kier molecular flexibility index (Phi) is 10.3. The Bertz CT molecular complexity index is 1290. The Morgan fingerprint density at radius 1 is 1.00 bits per heavy atom. The first-order valence-corrected chi connectivity index (χ1v) is 12.8. The molecule has 0 saturated carbocycles. The SMILES string of the molecule is CNS(=O)(=O)c1ccc(-c2cnc(N)c(C(=O)Nc3ccccc3OCCOCCOCCO)n2)cc1. The Labute approximate surface area is 214 Å². The van der Waals surface area contributed by atoms with E-state index in [1.807, 2.05) is 0 Å². The number of nitrogen functional groups attached to an aromatic ring is 1. The lowest BCUT2D eigenvalue weighted by Gasteiger charge is -2.13. The van der Waals surface area contributed by atoms with E-state index in [4.69, 9.17) is 25.1 Å². The van der Waals surface area contributed by atoms with Crippen LogP contribution >= 0.6 is 0 Å². The van der Waals surface area contributed by atoms with E-state index >= 15 is 0 Å². The van der Waals surface area contributed by atoms with Crippen molar-refractivity contribution in [1.82, 2.24) is 14.7 Å². The summed E-state index contributed by atoms with van der Waals surface area (Å²) in [6.45, 7) is 1.50. The maximum atomic E-state index is 13.0. The first kappa shape index (κ1) is 28.0. The summed E-state index contributed by atoms with van der Waals surface area (Å²) in [7, 11) is -2.26. The van der Waals surface area contributed by atoms with E-state index in [2.05, 4.69) is 20.0 Å². The second-order valence-electron chi connectivity index (χ2n) is 7.47. The number of carbonyl (C=O) groups is 1. The topological polar surface area (TPSA) is 175 Å². The van der Waals surface area contributed by atoms with Crippen molar-refractivity contribution in [2.45, 2.75) is 4.90 Å². The van der Waals surface area contributed by atoms with E-state index in [1.54, 1.807) is 36.4 Å². The number of benzene rings is 2. The molecular weight excluding hydrogens is 502 g/mol. The van der Waals surface area contributed by atoms with Crippen LogP contribution in [0.3, 0.4) is 0 Å². The van der Waals surface area contributed by atoms with E-state index in [-0.39, 0.29) is 36.2 Å². The number of para-hydroxylation sites is 2. The molecule has 0 saturated heterocycles. The average Bonchev–Trinajstić information content (AvgIpc) is 2.91. The Balaban J connectivity index is 1.66. The predicted octanol–water partition coefficient (Wildman–Crippen LogP) is 1.29. The first-order valence-electron chi connectivity index (χ1n) is 11.3. The highest BCUT2D eigenvalue weighted by Crippen LogP contribution is 2.26. The quantitative estimate of drug-likeness (QED) is 0.222. The van der Waals surface area contributed by atoms with Crippen molar-refractivity contribution in [1.29, 1.82) is 0 Å². The van der Waals surface area contributed by atoms with Gasteiger partial charge in [0.05, 0.1) is 55.5 Å². The number of ether oxygens (including phenoxy) is 3. The van der Waals surface area contributed by atoms with Gasteiger partial charge in [0.2, 0.25) is 10.0 Å². The van der Waals surface area contributed by atoms with Crippen LogP contribution in [0.2, 0.25) is 0 Å². The molecule has 12 nitrogen and oxygen atoms in total. The van der Waals surface area contributed by atoms with Crippen LogP contribution in [-0.2, 0) is 19.5 Å². The number of amides is 1. The summed E-state index contributed by atoms with van der Waals surface area (Å²) in [5.74, 6) is -0.222. The van der Waals surface area contributed by atoms with Gasteiger partial charge < -0.3 is 30.4 Å². The zero-order valence-electron chi connectivity index (χ0n) is 20.2. The summed E-state index contributed by atoms with van der Waals surface area (Å²) >= 11 is 0. The van der Waals surface area contributed by atoms with Gasteiger partial charge in [0.1, 0.15) is 12.4 Å². The van der Waals surface area contributed by atoms with Gasteiger partial charge in [-0.2, -0.15) is 0 Å². The molecule has 1 amide bonds. The molecule has 0 spiro atoms. The molecule has 0 atom stereocenters. The maximum absolute atomic E-state index is 13.0. The number of nitrogens with zero attached hydrogens (tertiary/aromatic N) is 2. The van der Waals surface area contributed by atoms with Gasteiger partial charge in [0.15, 0.2) is 11.5 Å². The number of aromatic nitrogens is 2. The molecule has 5 N–H and O–H groups in total. The summed E-state index contributed by atoms with van der Waals surface area (Å²) in [5.41, 5.74) is 7.14. The first-order chi connectivity index (χ1) is 17.9. The number of carbonyl (C=O) groups excluding carboxylic acids is 1. The summed E-state index contributed by atoms with van der Waals surface area (Å²) < 4.78 is 42.4. The van der Waals surface area contributed by atoms with Crippen molar-refractivity contribution in [3.63, 3.8) is 0 Å². The third-order valence-corrected chi connectivity index (χ3v) is 6.40. The van der Waals surface area contributed by atoms with Crippen LogP contribution in [0.1, 0.15) is 10.5 Å². The number of aliphatic hydroxyl groups is 1. The highest BCUT2D eigenvalue weighted by molar-refractivity contribution is 7.89. The lowest BCUT2D eigenvalue weighted by Crippen LogP contribution is -2.19. The van der Waals surface area contributed by atoms with E-state index in [0.29, 0.717) is 42.5 Å². The van der Waals surface area contributed by atoms with Crippen molar-refractivity contribution in [2.24, 2.45) is 0 Å². The number of nitrogens with two attached hydrogens (primary N) is 1. The third-order valence-electron chi connectivity index (χ3n) is 4.97. The number of hydrogen-bond donors (Lipinski definition) is 4. The molecule has 13 heteroatoms. The number of anilines is 2. The molecule has 1 aromatic heterocycles. The van der Waals surface area contributed by atoms with Gasteiger partial charge in [-0.25, -0.2) is 23.1 Å². The minimum absolute atomic E-state index is 0.0381. The predicted molar refractivity (Wildman–Crippen MR) is 137 cm³/mol. The van der Waals surface area contributed by atoms with Crippen LogP contribution < -0.4 is 20.5 Å². The molecule has 0 unspecified atom stereocenters. The zero-order chi connectivity index (χ0) is 26.7. The molecule has 3 rings (SSSR count). The van der Waals surface area contributed by atoms with Crippen LogP contribution in [0.4, 0.5) is 11.5 Å². The molecule has 3 aromatic rings. The van der Waals surface area contributed by atoms with Crippen LogP contribution in [0.5, 0.6) is 5.75 Å². The Morgan fingerprint density at radius 3 is 2.38 bits per heavy atom. The van der Waals surface area contributed by atoms with Gasteiger partial charge in [-0.15, -0.1) is 0 Å². The fraction of sp³-hybridized carbons (Fsp3) is 0.292. The van der Waals surface area contributed by atoms with Gasteiger partial charge in [-0.1, -0.05) is 24.3 Å². The minimum Gasteiger partial charge on any atom is -0.489 e. The van der Waals surface area contributed by atoms with Crippen LogP contribution in [0, 0.1) is 0 Å². The molecule has 0 aliphatic heterocycles. The summed E-state index contributed by atoms with van der Waals surface area (Å²) in [5, 5.41) is 11.4. The molecule has 2 aromatic carbocycles. The number of hydrogen-bond acceptors (Lipinski definition) is 10. The monoisotopic (exact) mass is 531 g/mol. The summed E-state index contributed by atoms with van der Waals surface area (Å²) in [6, 6.07) is 12.9. The van der Waals surface area contributed by atoms with E-state index in [9.17, 15) is 13.2 Å². The molecule has 198 valence electrons. The maximum Gasteiger partial charge on any atom is 0.278 e. The van der Waals surface area contributed by atoms with Crippen molar-refractivity contribution in [3.05, 3.63) is 60.4 Å². The van der Waals surface area contributed by atoms with Crippen molar-refractivity contribution < 1.29 is 32.5 Å². The number of nitrogens with one attached hydrogen (secondary N) is 2. The van der Waals surface area contributed by atoms with Gasteiger partial charge in [-0.3, -0.25) is 4.79 Å². The molecule has 0 bridgehead atoms. The fourth-order valence-corrected chi connectivity index (χ4v) is 3.83. The average molecular weight is 532 g/mol. The van der Waals surface area contributed by atoms with Crippen LogP contribution in [0.25, 0.3) is 11.3 Å². The number of aliphatic hydroxyl groups excluding tert-OH is 1. The smallest absolute Gasteiger partial charge is 0.278 e. The summed E-state index contributed by atoms with van der Waals surface area (Å²) in [6.07, 6.45) is 1.40. The molecule has 0 aliphatic rings. The second-order valence-corrected chi connectivity index (χ2v) is 9.35. The number of rotatable bonds is 14. The lowest BCUT2D eigenvalue weighted by molar-refractivity contribution is 0.0248. The zero-order valence-corrected chi connectivity index (χ0v) is 21.0. The standard InChI is InChI=1S/C24H29N5O7S/c1-26-37(32,33)18-8-6-17(7-9-18)20-16-27-23(25)22(28-20)24(31)29-19-4-2-3-5-21(19)36-15-14-35-13-12-34-11-10-30/h2-9,16,26,30H,10-15H2,1H3,(H2,25,27)(H,29,31). The Hall–Kier alpha value is -3.62. The highest BCUT2D eigenvalue weighted by atomic mass is 32.2. The normalized spacial score (nSPS) is 11.3. The fourth-order valence-electron chi connectivity index (χ4n) is 3.10. The van der Waals surface area contributed by atoms with Gasteiger partial charge in [0, 0.05) is 5.56 Å². The lowest BCUT2D eigenvalue weighted by atomic mass is 10.1. The molecule has 37 heavy (non-hydrogen) atoms. The van der Waals surface area contributed by atoms with Crippen molar-refractivity contribution >= 4 is 27.4 Å². The highest BCUT2D eigenvalue weighted by Gasteiger charge is 2.17. The summed E-state index contributed by atoms with van der Waals surface area (Å²) in [4.78, 5) is 21.5. The number of sulfonamides is 1. The van der Waals surface area contributed by atoms with Crippen LogP contribution in [-0.4, -0.2) is 76.1 Å². The van der Waals surface area contributed by atoms with Crippen molar-refractivity contribution in [2.75, 3.05) is 57.7 Å². The molecule has 1 heterocycles. The molecular formula is C24H29N5O7S. The minimum atomic E-state index is -3.58. The van der Waals surface area contributed by atoms with Gasteiger partial charge >= 0.3 is 0 Å². The molecule has 0 radical (unpaired) electrons. The van der Waals surface area contributed by atoms with Crippen molar-refractivity contribution in [3.8, 4) is 17.0 Å². The van der Waals surface area contributed by atoms with Gasteiger partial charge in [-0.05, 0) is 31.3 Å². The van der Waals surface area contributed by atoms with Gasteiger partial charge in [0.25, 0.3) is 5.91 Å². The van der Waals surface area contributed by atoms with E-state index in [0.717, 1.165) is 0 Å². The molecule has 0 fully saturated rings. The van der Waals surface area contributed by atoms with E-state index in [1.165, 1.54) is 25.4 Å². The second kappa shape index (κ2) is 13.6. The Morgan fingerprint density at radius 2 is 1.68 bits per heavy atom. The van der Waals surface area contributed by atoms with Crippen LogP contribution in [0.15, 0.2) is 59.6 Å².